The molecule has 1 atom stereocenters. The lowest BCUT2D eigenvalue weighted by atomic mass is 10.1. The van der Waals surface area contributed by atoms with Crippen molar-refractivity contribution in [2.45, 2.75) is 18.9 Å². The molecule has 1 unspecified atom stereocenters. The quantitative estimate of drug-likeness (QED) is 0.791. The van der Waals surface area contributed by atoms with Crippen molar-refractivity contribution in [3.8, 4) is 0 Å². The van der Waals surface area contributed by atoms with Crippen molar-refractivity contribution in [2.75, 3.05) is 13.1 Å². The first-order valence-electron chi connectivity index (χ1n) is 5.60. The lowest BCUT2D eigenvalue weighted by molar-refractivity contribution is 0.0567. The Morgan fingerprint density at radius 2 is 2.17 bits per heavy atom. The minimum absolute atomic E-state index is 0.107. The Morgan fingerprint density at radius 1 is 1.44 bits per heavy atom. The summed E-state index contributed by atoms with van der Waals surface area (Å²) in [6, 6.07) is 1.39. The zero-order valence-corrected chi connectivity index (χ0v) is 9.96. The van der Waals surface area contributed by atoms with Crippen molar-refractivity contribution in [1.82, 2.24) is 9.88 Å². The number of aliphatic hydroxyl groups is 1. The van der Waals surface area contributed by atoms with Gasteiger partial charge in [-0.1, -0.05) is 0 Å². The van der Waals surface area contributed by atoms with Crippen molar-refractivity contribution < 1.29 is 19.8 Å². The molecule has 0 spiro atoms. The van der Waals surface area contributed by atoms with Gasteiger partial charge < -0.3 is 15.1 Å². The van der Waals surface area contributed by atoms with Crippen molar-refractivity contribution in [3.63, 3.8) is 0 Å². The number of aromatic nitrogens is 1. The van der Waals surface area contributed by atoms with E-state index in [1.165, 1.54) is 17.2 Å². The number of hydrogen-bond acceptors (Lipinski definition) is 4. The van der Waals surface area contributed by atoms with Crippen molar-refractivity contribution in [3.05, 3.63) is 29.6 Å². The summed E-state index contributed by atoms with van der Waals surface area (Å²) >= 11 is 0. The first-order chi connectivity index (χ1) is 8.41. The molecule has 0 saturated carbocycles. The van der Waals surface area contributed by atoms with Crippen LogP contribution in [0.3, 0.4) is 0 Å². The number of hydrogen-bond donors (Lipinski definition) is 2. The number of carbonyl (C=O) groups is 2. The molecule has 1 aliphatic heterocycles. The Balaban J connectivity index is 2.27. The zero-order valence-electron chi connectivity index (χ0n) is 9.96. The first-order valence-corrected chi connectivity index (χ1v) is 5.60. The van der Waals surface area contributed by atoms with Gasteiger partial charge in [-0.2, -0.15) is 0 Å². The molecule has 18 heavy (non-hydrogen) atoms. The summed E-state index contributed by atoms with van der Waals surface area (Å²) in [5.74, 6) is -1.56. The van der Waals surface area contributed by atoms with E-state index in [1.807, 2.05) is 0 Å². The van der Waals surface area contributed by atoms with Crippen molar-refractivity contribution in [1.29, 1.82) is 0 Å². The Labute approximate surface area is 104 Å². The number of likely N-dealkylation sites (tertiary alicyclic amines) is 1. The largest absolute Gasteiger partial charge is 0.478 e. The number of carboxylic acids is 1. The normalized spacial score (nSPS) is 23.1. The summed E-state index contributed by atoms with van der Waals surface area (Å²) in [5, 5.41) is 18.8. The minimum atomic E-state index is -1.18. The van der Waals surface area contributed by atoms with Crippen molar-refractivity contribution in [2.24, 2.45) is 0 Å². The van der Waals surface area contributed by atoms with Gasteiger partial charge in [-0.15, -0.1) is 0 Å². The van der Waals surface area contributed by atoms with E-state index in [2.05, 4.69) is 4.98 Å². The van der Waals surface area contributed by atoms with Gasteiger partial charge in [0, 0.05) is 25.5 Å². The van der Waals surface area contributed by atoms with E-state index in [4.69, 9.17) is 5.11 Å². The van der Waals surface area contributed by atoms with Gasteiger partial charge >= 0.3 is 5.97 Å². The molecule has 1 aromatic heterocycles. The maximum absolute atomic E-state index is 12.2. The molecular weight excluding hydrogens is 236 g/mol. The lowest BCUT2D eigenvalue weighted by Crippen LogP contribution is -2.34. The predicted octanol–water partition coefficient (Wildman–Crippen LogP) is 0.377. The molecule has 2 heterocycles. The standard InChI is InChI=1S/C12H14N2O4/c1-12(18)3-5-14(7-12)10(15)8-2-4-13-6-9(8)11(16)17/h2,4,6,18H,3,5,7H2,1H3,(H,16,17). The Kier molecular flexibility index (Phi) is 3.04. The molecule has 2 rings (SSSR count). The highest BCUT2D eigenvalue weighted by atomic mass is 16.4. The second-order valence-corrected chi connectivity index (χ2v) is 4.70. The summed E-state index contributed by atoms with van der Waals surface area (Å²) in [7, 11) is 0. The monoisotopic (exact) mass is 250 g/mol. The molecule has 1 aliphatic rings. The molecule has 1 aromatic rings. The van der Waals surface area contributed by atoms with E-state index in [-0.39, 0.29) is 23.6 Å². The van der Waals surface area contributed by atoms with Gasteiger partial charge in [0.25, 0.3) is 5.91 Å². The van der Waals surface area contributed by atoms with Gasteiger partial charge in [0.15, 0.2) is 0 Å². The van der Waals surface area contributed by atoms with Crippen LogP contribution in [0.4, 0.5) is 0 Å². The summed E-state index contributed by atoms with van der Waals surface area (Å²) in [6.07, 6.45) is 3.03. The number of carbonyl (C=O) groups excluding carboxylic acids is 1. The summed E-state index contributed by atoms with van der Waals surface area (Å²) in [4.78, 5) is 28.4. The number of nitrogens with zero attached hydrogens (tertiary/aromatic N) is 2. The average molecular weight is 250 g/mol. The molecule has 1 amide bonds. The Morgan fingerprint density at radius 3 is 2.72 bits per heavy atom. The molecule has 2 N–H and O–H groups in total. The smallest absolute Gasteiger partial charge is 0.338 e. The molecule has 6 nitrogen and oxygen atoms in total. The molecule has 0 aliphatic carbocycles. The average Bonchev–Trinajstić information content (AvgIpc) is 2.68. The number of pyridine rings is 1. The van der Waals surface area contributed by atoms with Gasteiger partial charge in [0.2, 0.25) is 0 Å². The second-order valence-electron chi connectivity index (χ2n) is 4.70. The molecule has 1 fully saturated rings. The summed E-state index contributed by atoms with van der Waals surface area (Å²) < 4.78 is 0. The number of rotatable bonds is 2. The van der Waals surface area contributed by atoms with E-state index in [0.29, 0.717) is 13.0 Å². The topological polar surface area (TPSA) is 90.7 Å². The SMILES string of the molecule is CC1(O)CCN(C(=O)c2ccncc2C(=O)O)C1. The van der Waals surface area contributed by atoms with Gasteiger partial charge in [-0.3, -0.25) is 9.78 Å². The van der Waals surface area contributed by atoms with Crippen LogP contribution in [0.1, 0.15) is 34.1 Å². The molecule has 0 radical (unpaired) electrons. The summed E-state index contributed by atoms with van der Waals surface area (Å²) in [6.45, 7) is 2.30. The minimum Gasteiger partial charge on any atom is -0.478 e. The third-order valence-electron chi connectivity index (χ3n) is 3.02. The van der Waals surface area contributed by atoms with Crippen molar-refractivity contribution >= 4 is 11.9 Å². The van der Waals surface area contributed by atoms with Crippen LogP contribution in [0.5, 0.6) is 0 Å². The molecular formula is C12H14N2O4. The second kappa shape index (κ2) is 4.38. The van der Waals surface area contributed by atoms with Gasteiger partial charge in [0.05, 0.1) is 16.7 Å². The number of amides is 1. The maximum atomic E-state index is 12.2. The van der Waals surface area contributed by atoms with Crippen LogP contribution in [-0.4, -0.2) is 50.7 Å². The van der Waals surface area contributed by atoms with E-state index in [0.717, 1.165) is 6.20 Å². The third-order valence-corrected chi connectivity index (χ3v) is 3.02. The maximum Gasteiger partial charge on any atom is 0.338 e. The fraction of sp³-hybridized carbons (Fsp3) is 0.417. The molecule has 0 bridgehead atoms. The van der Waals surface area contributed by atoms with Crippen LogP contribution >= 0.6 is 0 Å². The third kappa shape index (κ3) is 2.33. The molecule has 1 saturated heterocycles. The highest BCUT2D eigenvalue weighted by Crippen LogP contribution is 2.22. The van der Waals surface area contributed by atoms with Crippen LogP contribution in [0.2, 0.25) is 0 Å². The van der Waals surface area contributed by atoms with Gasteiger partial charge in [-0.25, -0.2) is 4.79 Å². The molecule has 0 aromatic carbocycles. The van der Waals surface area contributed by atoms with Crippen LogP contribution in [-0.2, 0) is 0 Å². The van der Waals surface area contributed by atoms with Gasteiger partial charge in [0.1, 0.15) is 0 Å². The highest BCUT2D eigenvalue weighted by Gasteiger charge is 2.35. The van der Waals surface area contributed by atoms with E-state index < -0.39 is 11.6 Å². The first kappa shape index (κ1) is 12.5. The Hall–Kier alpha value is -1.95. The van der Waals surface area contributed by atoms with Crippen LogP contribution in [0.25, 0.3) is 0 Å². The van der Waals surface area contributed by atoms with Crippen LogP contribution in [0, 0.1) is 0 Å². The number of aromatic carboxylic acids is 1. The lowest BCUT2D eigenvalue weighted by Gasteiger charge is -2.19. The fourth-order valence-corrected chi connectivity index (χ4v) is 2.04. The van der Waals surface area contributed by atoms with Gasteiger partial charge in [-0.05, 0) is 19.4 Å². The zero-order chi connectivity index (χ0) is 13.3. The van der Waals surface area contributed by atoms with E-state index >= 15 is 0 Å². The Bertz CT molecular complexity index is 499. The molecule has 96 valence electrons. The van der Waals surface area contributed by atoms with E-state index in [1.54, 1.807) is 6.92 Å². The fourth-order valence-electron chi connectivity index (χ4n) is 2.04. The highest BCUT2D eigenvalue weighted by molar-refractivity contribution is 6.04. The molecule has 6 heteroatoms. The van der Waals surface area contributed by atoms with E-state index in [9.17, 15) is 14.7 Å². The number of β-amino-alcohol motifs (C(OH)–C–C–N with tert-alkyl or cyclic N) is 1. The predicted molar refractivity (Wildman–Crippen MR) is 62.3 cm³/mol. The summed E-state index contributed by atoms with van der Waals surface area (Å²) in [5.41, 5.74) is -0.907. The number of carboxylic acid groups (broad SMARTS) is 1. The van der Waals surface area contributed by atoms with Crippen LogP contribution in [0.15, 0.2) is 18.5 Å². The van der Waals surface area contributed by atoms with Crippen LogP contribution < -0.4 is 0 Å².